The number of urea groups is 1. The van der Waals surface area contributed by atoms with Crippen LogP contribution in [0.3, 0.4) is 0 Å². The number of benzene rings is 2. The molecule has 4 N–H and O–H groups in total. The fourth-order valence-corrected chi connectivity index (χ4v) is 7.38. The minimum atomic E-state index is -4.76. The highest BCUT2D eigenvalue weighted by Crippen LogP contribution is 2.39. The summed E-state index contributed by atoms with van der Waals surface area (Å²) in [6.07, 6.45) is -2.42. The first kappa shape index (κ1) is 35.3. The number of carboxylic acid groups (broad SMARTS) is 1. The van der Waals surface area contributed by atoms with Crippen LogP contribution >= 0.6 is 11.6 Å². The molecule has 0 aromatic heterocycles. The minimum Gasteiger partial charge on any atom is -0.481 e. The molecular weight excluding hydrogens is 651 g/mol. The van der Waals surface area contributed by atoms with Crippen LogP contribution in [0.2, 0.25) is 5.02 Å². The van der Waals surface area contributed by atoms with Gasteiger partial charge in [-0.25, -0.2) is 4.79 Å². The van der Waals surface area contributed by atoms with Gasteiger partial charge < -0.3 is 30.9 Å². The predicted octanol–water partition coefficient (Wildman–Crippen LogP) is 5.53. The van der Waals surface area contributed by atoms with Crippen molar-refractivity contribution in [1.82, 2.24) is 14.7 Å². The second-order valence-corrected chi connectivity index (χ2v) is 13.5. The van der Waals surface area contributed by atoms with E-state index in [2.05, 4.69) is 5.32 Å². The maximum absolute atomic E-state index is 13.9. The summed E-state index contributed by atoms with van der Waals surface area (Å²) >= 11 is 6.08. The first-order chi connectivity index (χ1) is 22.7. The van der Waals surface area contributed by atoms with E-state index in [1.807, 2.05) is 29.2 Å². The van der Waals surface area contributed by atoms with Crippen LogP contribution in [0.5, 0.6) is 0 Å². The zero-order chi connectivity index (χ0) is 34.7. The number of likely N-dealkylation sites (tertiary alicyclic amines) is 2. The number of aliphatic carboxylic acids is 1. The van der Waals surface area contributed by atoms with Crippen LogP contribution in [0.4, 0.5) is 29.3 Å². The Hall–Kier alpha value is -4.00. The molecule has 0 radical (unpaired) electrons. The molecule has 3 heterocycles. The van der Waals surface area contributed by atoms with E-state index in [1.165, 1.54) is 6.07 Å². The van der Waals surface area contributed by atoms with Crippen molar-refractivity contribution in [2.24, 2.45) is 17.8 Å². The average molecular weight is 692 g/mol. The molecule has 0 spiro atoms. The van der Waals surface area contributed by atoms with Gasteiger partial charge >= 0.3 is 18.2 Å². The molecule has 48 heavy (non-hydrogen) atoms. The molecule has 1 unspecified atom stereocenters. The molecule has 2 atom stereocenters. The summed E-state index contributed by atoms with van der Waals surface area (Å²) < 4.78 is 41.2. The maximum atomic E-state index is 13.9. The molecule has 2 aromatic carbocycles. The van der Waals surface area contributed by atoms with Gasteiger partial charge in [-0.15, -0.1) is 0 Å². The highest BCUT2D eigenvalue weighted by atomic mass is 35.5. The summed E-state index contributed by atoms with van der Waals surface area (Å²) in [6, 6.07) is 9.58. The summed E-state index contributed by atoms with van der Waals surface area (Å²) in [6.45, 7) is 3.49. The van der Waals surface area contributed by atoms with E-state index in [9.17, 15) is 37.5 Å². The number of rotatable bonds is 8. The molecule has 14 heteroatoms. The number of nitrogen functional groups attached to an aromatic ring is 1. The molecule has 260 valence electrons. The molecule has 0 aliphatic carbocycles. The number of halogens is 4. The Balaban J connectivity index is 1.27. The Morgan fingerprint density at radius 2 is 1.67 bits per heavy atom. The van der Waals surface area contributed by atoms with Crippen LogP contribution in [0.15, 0.2) is 36.4 Å². The van der Waals surface area contributed by atoms with Crippen LogP contribution in [0.25, 0.3) is 0 Å². The molecule has 5 rings (SSSR count). The third-order valence-electron chi connectivity index (χ3n) is 10.1. The Kier molecular flexibility index (Phi) is 10.8. The minimum absolute atomic E-state index is 0.0759. The fraction of sp³-hybridized carbons (Fsp3) is 0.529. The number of carbonyl (C=O) groups excluding carboxylic acids is 3. The molecule has 4 amide bonds. The Morgan fingerprint density at radius 3 is 2.31 bits per heavy atom. The molecule has 3 aliphatic heterocycles. The topological polar surface area (TPSA) is 136 Å². The fourth-order valence-electron chi connectivity index (χ4n) is 7.14. The van der Waals surface area contributed by atoms with Crippen molar-refractivity contribution in [3.05, 3.63) is 58.1 Å². The number of fused-ring (bicyclic) bond motifs is 1. The monoisotopic (exact) mass is 691 g/mol. The Labute approximate surface area is 282 Å². The van der Waals surface area contributed by atoms with Gasteiger partial charge in [0.05, 0.1) is 28.1 Å². The number of nitrogens with zero attached hydrogens (tertiary/aromatic N) is 3. The number of para-hydroxylation sites is 1. The van der Waals surface area contributed by atoms with E-state index in [1.54, 1.807) is 16.7 Å². The first-order valence-corrected chi connectivity index (χ1v) is 16.7. The zero-order valence-electron chi connectivity index (χ0n) is 26.8. The number of piperidine rings is 2. The van der Waals surface area contributed by atoms with E-state index < -0.39 is 35.2 Å². The zero-order valence-corrected chi connectivity index (χ0v) is 27.5. The molecule has 10 nitrogen and oxygen atoms in total. The van der Waals surface area contributed by atoms with Gasteiger partial charge in [-0.1, -0.05) is 36.7 Å². The second-order valence-electron chi connectivity index (χ2n) is 13.1. The van der Waals surface area contributed by atoms with E-state index in [4.69, 9.17) is 17.3 Å². The number of hydrogen-bond donors (Lipinski definition) is 3. The maximum Gasteiger partial charge on any atom is 0.418 e. The van der Waals surface area contributed by atoms with Gasteiger partial charge in [-0.05, 0) is 73.8 Å². The van der Waals surface area contributed by atoms with Gasteiger partial charge in [-0.3, -0.25) is 14.4 Å². The molecule has 0 bridgehead atoms. The third kappa shape index (κ3) is 7.99. The van der Waals surface area contributed by atoms with Crippen molar-refractivity contribution in [2.75, 3.05) is 43.8 Å². The number of hydrogen-bond acceptors (Lipinski definition) is 5. The SMILES string of the molecule is CC(C(=O)O)C1CCN(C(=O)[C@H](CC(=O)N2CCC(N3CCc4ccccc4NC3=O)CC2)Cc2cc(Cl)c(N)c(C(F)(F)F)c2)CC1. The summed E-state index contributed by atoms with van der Waals surface area (Å²) in [5.74, 6) is -3.24. The number of carboxylic acids is 1. The highest BCUT2D eigenvalue weighted by Gasteiger charge is 2.38. The Bertz CT molecular complexity index is 1540. The van der Waals surface area contributed by atoms with Gasteiger partial charge in [0, 0.05) is 50.9 Å². The number of amides is 4. The molecule has 2 saturated heterocycles. The van der Waals surface area contributed by atoms with Crippen LogP contribution in [0.1, 0.15) is 55.7 Å². The van der Waals surface area contributed by atoms with Crippen molar-refractivity contribution in [3.63, 3.8) is 0 Å². The number of nitrogens with one attached hydrogen (secondary N) is 1. The standard InChI is InChI=1S/C34H41ClF3N5O5/c1-20(32(46)47)22-6-11-42(12-7-22)31(45)24(16-21-17-26(34(36,37)38)30(39)27(35)18-21)19-29(44)41-13-9-25(10-14-41)43-15-8-23-4-2-3-5-28(23)40-33(43)48/h2-5,17-18,20,22,24-25H,6-16,19,39H2,1H3,(H,40,48)(H,46,47)/t20?,24-/m0/s1. The normalized spacial score (nSPS) is 19.3. The van der Waals surface area contributed by atoms with Crippen LogP contribution < -0.4 is 11.1 Å². The van der Waals surface area contributed by atoms with E-state index >= 15 is 0 Å². The van der Waals surface area contributed by atoms with Crippen molar-refractivity contribution in [3.8, 4) is 0 Å². The number of alkyl halides is 3. The van der Waals surface area contributed by atoms with Gasteiger partial charge in [0.15, 0.2) is 0 Å². The lowest BCUT2D eigenvalue weighted by Crippen LogP contribution is -2.50. The number of anilines is 2. The largest absolute Gasteiger partial charge is 0.481 e. The third-order valence-corrected chi connectivity index (χ3v) is 10.4. The van der Waals surface area contributed by atoms with Gasteiger partial charge in [-0.2, -0.15) is 13.2 Å². The van der Waals surface area contributed by atoms with Crippen LogP contribution in [-0.4, -0.2) is 82.4 Å². The lowest BCUT2D eigenvalue weighted by atomic mass is 9.84. The summed E-state index contributed by atoms with van der Waals surface area (Å²) in [5, 5.41) is 12.1. The highest BCUT2D eigenvalue weighted by molar-refractivity contribution is 6.33. The quantitative estimate of drug-likeness (QED) is 0.312. The molecular formula is C34H41ClF3N5O5. The van der Waals surface area contributed by atoms with Crippen molar-refractivity contribution in [2.45, 2.75) is 64.1 Å². The lowest BCUT2D eigenvalue weighted by Gasteiger charge is -2.39. The second kappa shape index (κ2) is 14.6. The van der Waals surface area contributed by atoms with Gasteiger partial charge in [0.1, 0.15) is 0 Å². The number of carbonyl (C=O) groups is 4. The van der Waals surface area contributed by atoms with E-state index in [0.29, 0.717) is 51.7 Å². The summed E-state index contributed by atoms with van der Waals surface area (Å²) in [4.78, 5) is 57.1. The van der Waals surface area contributed by atoms with E-state index in [-0.39, 0.29) is 66.3 Å². The Morgan fingerprint density at radius 1 is 1.02 bits per heavy atom. The van der Waals surface area contributed by atoms with Crippen LogP contribution in [0, 0.1) is 17.8 Å². The molecule has 0 saturated carbocycles. The molecule has 3 aliphatic rings. The summed E-state index contributed by atoms with van der Waals surface area (Å²) in [7, 11) is 0. The van der Waals surface area contributed by atoms with Crippen molar-refractivity contribution >= 4 is 46.8 Å². The van der Waals surface area contributed by atoms with Crippen molar-refractivity contribution in [1.29, 1.82) is 0 Å². The molecule has 2 fully saturated rings. The smallest absolute Gasteiger partial charge is 0.418 e. The van der Waals surface area contributed by atoms with E-state index in [0.717, 1.165) is 17.3 Å². The lowest BCUT2D eigenvalue weighted by molar-refractivity contribution is -0.145. The predicted molar refractivity (Wildman–Crippen MR) is 174 cm³/mol. The average Bonchev–Trinajstić information content (AvgIpc) is 3.22. The van der Waals surface area contributed by atoms with Crippen molar-refractivity contribution < 1.29 is 37.5 Å². The first-order valence-electron chi connectivity index (χ1n) is 16.3. The molecule has 2 aromatic rings. The number of nitrogens with two attached hydrogens (primary N) is 1. The van der Waals surface area contributed by atoms with Crippen LogP contribution in [-0.2, 0) is 33.4 Å². The van der Waals surface area contributed by atoms with Gasteiger partial charge in [0.2, 0.25) is 11.8 Å². The van der Waals surface area contributed by atoms with Gasteiger partial charge in [0.25, 0.3) is 0 Å². The summed E-state index contributed by atoms with van der Waals surface area (Å²) in [5.41, 5.74) is 5.90.